The van der Waals surface area contributed by atoms with Gasteiger partial charge >= 0.3 is 0 Å². The molecule has 0 bridgehead atoms. The highest BCUT2D eigenvalue weighted by Gasteiger charge is 2.26. The van der Waals surface area contributed by atoms with Gasteiger partial charge in [-0.15, -0.1) is 0 Å². The number of rotatable bonds is 5. The third-order valence-corrected chi connectivity index (χ3v) is 5.27. The minimum atomic E-state index is 0.117. The van der Waals surface area contributed by atoms with Crippen LogP contribution in [0.3, 0.4) is 0 Å². The highest BCUT2D eigenvalue weighted by atomic mass is 16.2. The summed E-state index contributed by atoms with van der Waals surface area (Å²) in [6.45, 7) is 8.06. The zero-order valence-corrected chi connectivity index (χ0v) is 16.1. The Morgan fingerprint density at radius 3 is 2.77 bits per heavy atom. The predicted molar refractivity (Wildman–Crippen MR) is 107 cm³/mol. The van der Waals surface area contributed by atoms with E-state index >= 15 is 0 Å². The van der Waals surface area contributed by atoms with Gasteiger partial charge < -0.3 is 9.80 Å². The summed E-state index contributed by atoms with van der Waals surface area (Å²) in [4.78, 5) is 21.7. The van der Waals surface area contributed by atoms with Crippen LogP contribution >= 0.6 is 0 Å². The van der Waals surface area contributed by atoms with Crippen molar-refractivity contribution in [3.8, 4) is 0 Å². The number of amides is 1. The van der Waals surface area contributed by atoms with Gasteiger partial charge in [-0.2, -0.15) is 0 Å². The maximum atomic E-state index is 13.1. The Kier molecular flexibility index (Phi) is 5.92. The molecule has 1 aliphatic rings. The second kappa shape index (κ2) is 8.35. The summed E-state index contributed by atoms with van der Waals surface area (Å²) in [7, 11) is 0. The molecule has 4 heteroatoms. The van der Waals surface area contributed by atoms with E-state index in [0.717, 1.165) is 43.7 Å². The molecule has 1 atom stereocenters. The van der Waals surface area contributed by atoms with Crippen molar-refractivity contribution in [2.45, 2.75) is 52.5 Å². The van der Waals surface area contributed by atoms with Crippen LogP contribution in [-0.4, -0.2) is 34.9 Å². The Labute approximate surface area is 156 Å². The number of benzene rings is 1. The van der Waals surface area contributed by atoms with Gasteiger partial charge in [0.15, 0.2) is 0 Å². The van der Waals surface area contributed by atoms with E-state index < -0.39 is 0 Å². The van der Waals surface area contributed by atoms with Gasteiger partial charge in [0.1, 0.15) is 0 Å². The molecule has 1 aromatic carbocycles. The fourth-order valence-electron chi connectivity index (χ4n) is 3.86. The van der Waals surface area contributed by atoms with Crippen molar-refractivity contribution in [1.29, 1.82) is 0 Å². The number of anilines is 2. The van der Waals surface area contributed by atoms with Crippen LogP contribution in [0.4, 0.5) is 11.4 Å². The van der Waals surface area contributed by atoms with Crippen molar-refractivity contribution in [1.82, 2.24) is 9.88 Å². The second-order valence-corrected chi connectivity index (χ2v) is 7.07. The number of piperidine rings is 1. The summed E-state index contributed by atoms with van der Waals surface area (Å²) in [5.41, 5.74) is 4.01. The average molecular weight is 351 g/mol. The Morgan fingerprint density at radius 2 is 2.04 bits per heavy atom. The van der Waals surface area contributed by atoms with Gasteiger partial charge in [-0.1, -0.05) is 19.1 Å². The number of carbonyl (C=O) groups excluding carboxylic acids is 1. The monoisotopic (exact) mass is 351 g/mol. The Bertz CT molecular complexity index is 759. The highest BCUT2D eigenvalue weighted by molar-refractivity contribution is 5.95. The number of nitrogens with zero attached hydrogens (tertiary/aromatic N) is 3. The quantitative estimate of drug-likeness (QED) is 0.764. The number of aryl methyl sites for hydroxylation is 1. The molecule has 1 fully saturated rings. The molecule has 1 aromatic heterocycles. The van der Waals surface area contributed by atoms with Crippen LogP contribution in [0.1, 0.15) is 55.5 Å². The summed E-state index contributed by atoms with van der Waals surface area (Å²) in [5, 5.41) is 0. The largest absolute Gasteiger partial charge is 0.340 e. The molecular formula is C22H29N3O. The Hall–Kier alpha value is -2.36. The summed E-state index contributed by atoms with van der Waals surface area (Å²) >= 11 is 0. The van der Waals surface area contributed by atoms with Crippen LogP contribution in [0.5, 0.6) is 0 Å². The number of likely N-dealkylation sites (tertiary alicyclic amines) is 1. The number of carbonyl (C=O) groups is 1. The minimum absolute atomic E-state index is 0.117. The third kappa shape index (κ3) is 3.90. The summed E-state index contributed by atoms with van der Waals surface area (Å²) in [6, 6.07) is 10.8. The van der Waals surface area contributed by atoms with Crippen molar-refractivity contribution in [2.24, 2.45) is 0 Å². The Morgan fingerprint density at radius 1 is 1.19 bits per heavy atom. The van der Waals surface area contributed by atoms with Gasteiger partial charge in [-0.3, -0.25) is 9.78 Å². The van der Waals surface area contributed by atoms with Gasteiger partial charge in [0.2, 0.25) is 0 Å². The fraction of sp³-hybridized carbons (Fsp3) is 0.455. The molecule has 138 valence electrons. The first-order valence-corrected chi connectivity index (χ1v) is 9.74. The van der Waals surface area contributed by atoms with E-state index in [2.05, 4.69) is 54.9 Å². The van der Waals surface area contributed by atoms with E-state index in [1.54, 1.807) is 6.20 Å². The second-order valence-electron chi connectivity index (χ2n) is 7.07. The molecule has 0 radical (unpaired) electrons. The van der Waals surface area contributed by atoms with Gasteiger partial charge in [-0.05, 0) is 63.3 Å². The number of hydrogen-bond acceptors (Lipinski definition) is 3. The van der Waals surface area contributed by atoms with E-state index in [9.17, 15) is 4.79 Å². The smallest absolute Gasteiger partial charge is 0.255 e. The summed E-state index contributed by atoms with van der Waals surface area (Å²) in [5.74, 6) is 0.117. The normalized spacial score (nSPS) is 17.2. The molecule has 1 amide bonds. The van der Waals surface area contributed by atoms with Crippen LogP contribution < -0.4 is 4.90 Å². The van der Waals surface area contributed by atoms with Crippen LogP contribution in [0.2, 0.25) is 0 Å². The fourth-order valence-corrected chi connectivity index (χ4v) is 3.86. The van der Waals surface area contributed by atoms with E-state index in [0.29, 0.717) is 11.6 Å². The van der Waals surface area contributed by atoms with E-state index in [-0.39, 0.29) is 5.91 Å². The topological polar surface area (TPSA) is 36.4 Å². The molecule has 1 aliphatic heterocycles. The van der Waals surface area contributed by atoms with Gasteiger partial charge in [-0.25, -0.2) is 0 Å². The average Bonchev–Trinajstić information content (AvgIpc) is 2.68. The third-order valence-electron chi connectivity index (χ3n) is 5.27. The Balaban J connectivity index is 1.88. The minimum Gasteiger partial charge on any atom is -0.340 e. The SMILES string of the molecule is CCC1CCCCN1C(=O)c1cncc(N(CC)c2cccc(C)c2)c1. The molecule has 0 spiro atoms. The number of pyridine rings is 1. The van der Waals surface area contributed by atoms with Crippen molar-refractivity contribution >= 4 is 17.3 Å². The molecule has 0 saturated carbocycles. The van der Waals surface area contributed by atoms with Crippen molar-refractivity contribution < 1.29 is 4.79 Å². The molecule has 2 aromatic rings. The zero-order valence-electron chi connectivity index (χ0n) is 16.1. The van der Waals surface area contributed by atoms with Crippen LogP contribution in [-0.2, 0) is 0 Å². The molecule has 0 N–H and O–H groups in total. The molecule has 1 unspecified atom stereocenters. The van der Waals surface area contributed by atoms with Crippen molar-refractivity contribution in [2.75, 3.05) is 18.0 Å². The number of aromatic nitrogens is 1. The molecule has 2 heterocycles. The van der Waals surface area contributed by atoms with Crippen LogP contribution in [0.15, 0.2) is 42.7 Å². The van der Waals surface area contributed by atoms with Crippen molar-refractivity contribution in [3.63, 3.8) is 0 Å². The van der Waals surface area contributed by atoms with E-state index in [4.69, 9.17) is 0 Å². The summed E-state index contributed by atoms with van der Waals surface area (Å²) in [6.07, 6.45) is 7.99. The lowest BCUT2D eigenvalue weighted by molar-refractivity contribution is 0.0607. The van der Waals surface area contributed by atoms with Crippen LogP contribution in [0, 0.1) is 6.92 Å². The highest BCUT2D eigenvalue weighted by Crippen LogP contribution is 2.27. The van der Waals surface area contributed by atoms with Crippen LogP contribution in [0.25, 0.3) is 0 Å². The molecule has 1 saturated heterocycles. The maximum absolute atomic E-state index is 13.1. The molecular weight excluding hydrogens is 322 g/mol. The molecule has 3 rings (SSSR count). The van der Waals surface area contributed by atoms with E-state index in [1.807, 2.05) is 17.2 Å². The first kappa shape index (κ1) is 18.4. The summed E-state index contributed by atoms with van der Waals surface area (Å²) < 4.78 is 0. The standard InChI is InChI=1S/C22H29N3O/c1-4-19-10-6-7-12-25(19)22(26)18-14-21(16-23-15-18)24(5-2)20-11-8-9-17(3)13-20/h8-9,11,13-16,19H,4-7,10,12H2,1-3H3. The van der Waals surface area contributed by atoms with Gasteiger partial charge in [0, 0.05) is 31.0 Å². The molecule has 0 aliphatic carbocycles. The lowest BCUT2D eigenvalue weighted by Crippen LogP contribution is -2.43. The maximum Gasteiger partial charge on any atom is 0.255 e. The van der Waals surface area contributed by atoms with Gasteiger partial charge in [0.05, 0.1) is 17.4 Å². The lowest BCUT2D eigenvalue weighted by Gasteiger charge is -2.35. The first-order valence-electron chi connectivity index (χ1n) is 9.74. The lowest BCUT2D eigenvalue weighted by atomic mass is 9.99. The predicted octanol–water partition coefficient (Wildman–Crippen LogP) is 4.95. The van der Waals surface area contributed by atoms with Crippen molar-refractivity contribution in [3.05, 3.63) is 53.9 Å². The van der Waals surface area contributed by atoms with Gasteiger partial charge in [0.25, 0.3) is 5.91 Å². The number of hydrogen-bond donors (Lipinski definition) is 0. The van der Waals surface area contributed by atoms with E-state index in [1.165, 1.54) is 12.0 Å². The first-order chi connectivity index (χ1) is 12.6. The molecule has 26 heavy (non-hydrogen) atoms. The molecule has 4 nitrogen and oxygen atoms in total. The zero-order chi connectivity index (χ0) is 18.5.